The number of rotatable bonds is 3. The summed E-state index contributed by atoms with van der Waals surface area (Å²) >= 11 is 0. The van der Waals surface area contributed by atoms with E-state index in [1.165, 1.54) is 17.6 Å². The van der Waals surface area contributed by atoms with Gasteiger partial charge in [0.25, 0.3) is 0 Å². The van der Waals surface area contributed by atoms with Crippen molar-refractivity contribution in [3.8, 4) is 0 Å². The normalized spacial score (nSPS) is 17.2. The molecule has 2 heterocycles. The maximum Gasteiger partial charge on any atom is 0.229 e. The molecule has 1 aliphatic heterocycles. The molecule has 1 aromatic heterocycles. The molecule has 80 valence electrons. The Morgan fingerprint density at radius 3 is 2.67 bits per heavy atom. The summed E-state index contributed by atoms with van der Waals surface area (Å²) in [6.07, 6.45) is 5.06. The quantitative estimate of drug-likeness (QED) is 0.688. The van der Waals surface area contributed by atoms with Crippen molar-refractivity contribution in [2.24, 2.45) is 0 Å². The van der Waals surface area contributed by atoms with Crippen molar-refractivity contribution in [1.82, 2.24) is 9.88 Å². The topological polar surface area (TPSA) is 63.4 Å². The highest BCUT2D eigenvalue weighted by Gasteiger charge is 2.25. The van der Waals surface area contributed by atoms with Gasteiger partial charge in [-0.25, -0.2) is 4.98 Å². The molecule has 0 saturated carbocycles. The van der Waals surface area contributed by atoms with Crippen molar-refractivity contribution in [1.29, 1.82) is 0 Å². The second-order valence-electron chi connectivity index (χ2n) is 3.52. The second-order valence-corrected chi connectivity index (χ2v) is 3.52. The van der Waals surface area contributed by atoms with Crippen LogP contribution in [0.3, 0.4) is 0 Å². The maximum absolute atomic E-state index is 11.4. The second kappa shape index (κ2) is 4.25. The molecule has 5 nitrogen and oxygen atoms in total. The predicted octanol–water partition coefficient (Wildman–Crippen LogP) is 0.756. The minimum absolute atomic E-state index is 0.0743. The standard InChI is InChI=1S/C10H12N2O3/c13-9-2-1-3-10(14)12(9)5-4-8-6-15-7-11-8/h6-7H,1-5H2. The van der Waals surface area contributed by atoms with Crippen LogP contribution in [0.5, 0.6) is 0 Å². The zero-order valence-corrected chi connectivity index (χ0v) is 8.31. The van der Waals surface area contributed by atoms with Gasteiger partial charge in [0.2, 0.25) is 11.8 Å². The van der Waals surface area contributed by atoms with E-state index in [0.29, 0.717) is 32.2 Å². The van der Waals surface area contributed by atoms with E-state index in [0.717, 1.165) is 5.69 Å². The molecule has 1 aromatic rings. The average Bonchev–Trinajstić information content (AvgIpc) is 2.70. The Hall–Kier alpha value is -1.65. The molecule has 15 heavy (non-hydrogen) atoms. The number of hydrogen-bond donors (Lipinski definition) is 0. The summed E-state index contributed by atoms with van der Waals surface area (Å²) in [6, 6.07) is 0. The number of oxazole rings is 1. The summed E-state index contributed by atoms with van der Waals surface area (Å²) in [5.41, 5.74) is 0.765. The Kier molecular flexibility index (Phi) is 2.80. The van der Waals surface area contributed by atoms with Gasteiger partial charge < -0.3 is 4.42 Å². The maximum atomic E-state index is 11.4. The molecule has 5 heteroatoms. The third kappa shape index (κ3) is 2.23. The van der Waals surface area contributed by atoms with Crippen LogP contribution >= 0.6 is 0 Å². The summed E-state index contributed by atoms with van der Waals surface area (Å²) in [7, 11) is 0. The van der Waals surface area contributed by atoms with E-state index in [-0.39, 0.29) is 11.8 Å². The molecule has 2 amide bonds. The summed E-state index contributed by atoms with van der Waals surface area (Å²) in [5, 5.41) is 0. The van der Waals surface area contributed by atoms with E-state index in [1.54, 1.807) is 0 Å². The highest BCUT2D eigenvalue weighted by molar-refractivity contribution is 5.97. The third-order valence-electron chi connectivity index (χ3n) is 2.46. The molecule has 1 saturated heterocycles. The summed E-state index contributed by atoms with van der Waals surface area (Å²) in [5.74, 6) is -0.149. The van der Waals surface area contributed by atoms with Crippen molar-refractivity contribution < 1.29 is 14.0 Å². The number of piperidine rings is 1. The molecule has 1 aliphatic rings. The molecule has 0 spiro atoms. The average molecular weight is 208 g/mol. The minimum atomic E-state index is -0.0743. The molecule has 1 fully saturated rings. The predicted molar refractivity (Wildman–Crippen MR) is 50.8 cm³/mol. The van der Waals surface area contributed by atoms with Gasteiger partial charge in [0.1, 0.15) is 6.26 Å². The monoisotopic (exact) mass is 208 g/mol. The van der Waals surface area contributed by atoms with Crippen LogP contribution in [-0.2, 0) is 16.0 Å². The molecule has 0 bridgehead atoms. The molecule has 0 atom stereocenters. The Labute approximate surface area is 87.1 Å². The van der Waals surface area contributed by atoms with E-state index in [2.05, 4.69) is 4.98 Å². The van der Waals surface area contributed by atoms with Crippen LogP contribution in [0.4, 0.5) is 0 Å². The summed E-state index contributed by atoms with van der Waals surface area (Å²) in [6.45, 7) is 0.407. The fourth-order valence-electron chi connectivity index (χ4n) is 1.64. The summed E-state index contributed by atoms with van der Waals surface area (Å²) < 4.78 is 4.81. The number of imide groups is 1. The van der Waals surface area contributed by atoms with Crippen LogP contribution in [0, 0.1) is 0 Å². The van der Waals surface area contributed by atoms with Gasteiger partial charge in [0, 0.05) is 25.8 Å². The Morgan fingerprint density at radius 1 is 1.33 bits per heavy atom. The van der Waals surface area contributed by atoms with E-state index < -0.39 is 0 Å². The molecular formula is C10H12N2O3. The third-order valence-corrected chi connectivity index (χ3v) is 2.46. The first-order valence-corrected chi connectivity index (χ1v) is 4.97. The van der Waals surface area contributed by atoms with Crippen LogP contribution in [0.15, 0.2) is 17.1 Å². The number of likely N-dealkylation sites (tertiary alicyclic amines) is 1. The molecule has 0 unspecified atom stereocenters. The van der Waals surface area contributed by atoms with Crippen molar-refractivity contribution in [3.63, 3.8) is 0 Å². The first-order valence-electron chi connectivity index (χ1n) is 4.97. The van der Waals surface area contributed by atoms with E-state index >= 15 is 0 Å². The zero-order chi connectivity index (χ0) is 10.7. The largest absolute Gasteiger partial charge is 0.451 e. The first-order chi connectivity index (χ1) is 7.27. The smallest absolute Gasteiger partial charge is 0.229 e. The van der Waals surface area contributed by atoms with Gasteiger partial charge in [-0.15, -0.1) is 0 Å². The molecule has 0 aromatic carbocycles. The molecule has 2 rings (SSSR count). The van der Waals surface area contributed by atoms with Gasteiger partial charge in [-0.05, 0) is 6.42 Å². The Morgan fingerprint density at radius 2 is 2.07 bits per heavy atom. The highest BCUT2D eigenvalue weighted by atomic mass is 16.3. The van der Waals surface area contributed by atoms with E-state index in [4.69, 9.17) is 4.42 Å². The highest BCUT2D eigenvalue weighted by Crippen LogP contribution is 2.12. The van der Waals surface area contributed by atoms with Gasteiger partial charge in [0.15, 0.2) is 6.39 Å². The minimum Gasteiger partial charge on any atom is -0.451 e. The zero-order valence-electron chi connectivity index (χ0n) is 8.31. The van der Waals surface area contributed by atoms with Gasteiger partial charge in [0.05, 0.1) is 5.69 Å². The van der Waals surface area contributed by atoms with Crippen LogP contribution in [0.1, 0.15) is 25.0 Å². The van der Waals surface area contributed by atoms with Gasteiger partial charge in [-0.1, -0.05) is 0 Å². The van der Waals surface area contributed by atoms with Gasteiger partial charge in [-0.3, -0.25) is 14.5 Å². The Balaban J connectivity index is 1.92. The number of nitrogens with zero attached hydrogens (tertiary/aromatic N) is 2. The van der Waals surface area contributed by atoms with Crippen molar-refractivity contribution in [2.75, 3.05) is 6.54 Å². The number of amides is 2. The lowest BCUT2D eigenvalue weighted by molar-refractivity contribution is -0.147. The molecular weight excluding hydrogens is 196 g/mol. The van der Waals surface area contributed by atoms with Crippen LogP contribution in [-0.4, -0.2) is 28.2 Å². The SMILES string of the molecule is O=C1CCCC(=O)N1CCc1cocn1. The Bertz CT molecular complexity index is 343. The van der Waals surface area contributed by atoms with Crippen molar-refractivity contribution in [3.05, 3.63) is 18.4 Å². The lowest BCUT2D eigenvalue weighted by atomic mass is 10.1. The van der Waals surface area contributed by atoms with E-state index in [1.807, 2.05) is 0 Å². The number of carbonyl (C=O) groups is 2. The molecule has 0 aliphatic carbocycles. The first kappa shape index (κ1) is 9.89. The number of carbonyl (C=O) groups excluding carboxylic acids is 2. The lowest BCUT2D eigenvalue weighted by Crippen LogP contribution is -2.41. The molecule has 0 radical (unpaired) electrons. The summed E-state index contributed by atoms with van der Waals surface area (Å²) in [4.78, 5) is 28.1. The van der Waals surface area contributed by atoms with Crippen LogP contribution in [0.2, 0.25) is 0 Å². The van der Waals surface area contributed by atoms with Crippen LogP contribution < -0.4 is 0 Å². The van der Waals surface area contributed by atoms with Crippen LogP contribution in [0.25, 0.3) is 0 Å². The fraction of sp³-hybridized carbons (Fsp3) is 0.500. The van der Waals surface area contributed by atoms with Gasteiger partial charge >= 0.3 is 0 Å². The van der Waals surface area contributed by atoms with Gasteiger partial charge in [-0.2, -0.15) is 0 Å². The number of aromatic nitrogens is 1. The fourth-order valence-corrected chi connectivity index (χ4v) is 1.64. The number of hydrogen-bond acceptors (Lipinski definition) is 4. The van der Waals surface area contributed by atoms with E-state index in [9.17, 15) is 9.59 Å². The molecule has 0 N–H and O–H groups in total. The van der Waals surface area contributed by atoms with Crippen molar-refractivity contribution >= 4 is 11.8 Å². The lowest BCUT2D eigenvalue weighted by Gasteiger charge is -2.24. The van der Waals surface area contributed by atoms with Crippen molar-refractivity contribution in [2.45, 2.75) is 25.7 Å².